The lowest BCUT2D eigenvalue weighted by Crippen LogP contribution is -2.28. The maximum Gasteiger partial charge on any atom is 0.219 e. The van der Waals surface area contributed by atoms with E-state index in [9.17, 15) is 9.60 Å². The second kappa shape index (κ2) is 6.83. The quantitative estimate of drug-likeness (QED) is 0.400. The number of rotatable bonds is 3. The fourth-order valence-electron chi connectivity index (χ4n) is 2.50. The molecule has 1 fully saturated rings. The summed E-state index contributed by atoms with van der Waals surface area (Å²) < 4.78 is 18.8. The van der Waals surface area contributed by atoms with Crippen LogP contribution in [0.4, 0.5) is 4.39 Å². The zero-order chi connectivity index (χ0) is 16.2. The van der Waals surface area contributed by atoms with Gasteiger partial charge < -0.3 is 14.8 Å². The fourth-order valence-corrected chi connectivity index (χ4v) is 2.67. The molecule has 23 heavy (non-hydrogen) atoms. The standard InChI is InChI=1S/C16H15ClFN3O2/c17-13-10-12(3-4-14(13)18)23-15-9-11(5-6-19-15)16(20-22)21-7-1-2-8-21/h3-6,9-10,22H,1-2,7-8H2/b20-16-. The summed E-state index contributed by atoms with van der Waals surface area (Å²) in [6.45, 7) is 1.71. The van der Waals surface area contributed by atoms with E-state index in [0.717, 1.165) is 25.9 Å². The van der Waals surface area contributed by atoms with Crippen LogP contribution in [0.2, 0.25) is 5.02 Å². The summed E-state index contributed by atoms with van der Waals surface area (Å²) in [5.74, 6) is 0.673. The highest BCUT2D eigenvalue weighted by Crippen LogP contribution is 2.26. The largest absolute Gasteiger partial charge is 0.439 e. The molecule has 1 aromatic carbocycles. The van der Waals surface area contributed by atoms with Crippen LogP contribution < -0.4 is 4.74 Å². The molecule has 0 atom stereocenters. The Labute approximate surface area is 138 Å². The molecule has 0 amide bonds. The number of oxime groups is 1. The number of hydrogen-bond acceptors (Lipinski definition) is 4. The summed E-state index contributed by atoms with van der Waals surface area (Å²) in [6, 6.07) is 7.50. The average Bonchev–Trinajstić information content (AvgIpc) is 3.06. The first-order valence-corrected chi connectivity index (χ1v) is 7.61. The van der Waals surface area contributed by atoms with Crippen molar-refractivity contribution in [3.05, 3.63) is 52.9 Å². The second-order valence-corrected chi connectivity index (χ2v) is 5.59. The summed E-state index contributed by atoms with van der Waals surface area (Å²) in [5, 5.41) is 12.7. The number of ether oxygens (including phenoxy) is 1. The number of halogens is 2. The predicted molar refractivity (Wildman–Crippen MR) is 84.9 cm³/mol. The van der Waals surface area contributed by atoms with Gasteiger partial charge in [0.2, 0.25) is 5.88 Å². The van der Waals surface area contributed by atoms with Gasteiger partial charge in [0, 0.05) is 37.0 Å². The molecule has 1 aromatic heterocycles. The number of likely N-dealkylation sites (tertiary alicyclic amines) is 1. The predicted octanol–water partition coefficient (Wildman–Crippen LogP) is 3.90. The Morgan fingerprint density at radius 2 is 2.04 bits per heavy atom. The minimum atomic E-state index is -0.510. The Balaban J connectivity index is 1.82. The Hall–Kier alpha value is -2.34. The number of aromatic nitrogens is 1. The van der Waals surface area contributed by atoms with Crippen molar-refractivity contribution in [3.63, 3.8) is 0 Å². The van der Waals surface area contributed by atoms with E-state index >= 15 is 0 Å². The Kier molecular flexibility index (Phi) is 4.62. The fraction of sp³-hybridized carbons (Fsp3) is 0.250. The van der Waals surface area contributed by atoms with Crippen molar-refractivity contribution >= 4 is 17.4 Å². The van der Waals surface area contributed by atoms with Gasteiger partial charge in [0.05, 0.1) is 5.02 Å². The molecule has 0 radical (unpaired) electrons. The number of pyridine rings is 1. The maximum absolute atomic E-state index is 13.2. The maximum atomic E-state index is 13.2. The van der Waals surface area contributed by atoms with Gasteiger partial charge in [-0.05, 0) is 31.0 Å². The SMILES string of the molecule is O/N=C(/c1ccnc(Oc2ccc(F)c(Cl)c2)c1)N1CCCC1. The lowest BCUT2D eigenvalue weighted by molar-refractivity contribution is 0.307. The molecule has 1 saturated heterocycles. The van der Waals surface area contributed by atoms with Gasteiger partial charge in [-0.1, -0.05) is 16.8 Å². The van der Waals surface area contributed by atoms with Gasteiger partial charge in [-0.25, -0.2) is 9.37 Å². The molecule has 0 saturated carbocycles. The van der Waals surface area contributed by atoms with Crippen LogP contribution in [-0.2, 0) is 0 Å². The van der Waals surface area contributed by atoms with E-state index in [4.69, 9.17) is 16.3 Å². The summed E-state index contributed by atoms with van der Waals surface area (Å²) in [4.78, 5) is 6.12. The van der Waals surface area contributed by atoms with Gasteiger partial charge in [-0.3, -0.25) is 0 Å². The van der Waals surface area contributed by atoms with Crippen LogP contribution >= 0.6 is 11.6 Å². The van der Waals surface area contributed by atoms with E-state index in [1.807, 2.05) is 4.90 Å². The van der Waals surface area contributed by atoms with E-state index in [1.54, 1.807) is 18.3 Å². The van der Waals surface area contributed by atoms with Crippen molar-refractivity contribution in [2.45, 2.75) is 12.8 Å². The van der Waals surface area contributed by atoms with E-state index < -0.39 is 5.82 Å². The molecule has 2 heterocycles. The lowest BCUT2D eigenvalue weighted by Gasteiger charge is -2.18. The van der Waals surface area contributed by atoms with Crippen molar-refractivity contribution in [1.82, 2.24) is 9.88 Å². The number of hydrogen-bond donors (Lipinski definition) is 1. The van der Waals surface area contributed by atoms with Crippen molar-refractivity contribution < 1.29 is 14.3 Å². The molecule has 0 aliphatic carbocycles. The molecule has 0 unspecified atom stereocenters. The van der Waals surface area contributed by atoms with Gasteiger partial charge in [0.15, 0.2) is 5.84 Å². The van der Waals surface area contributed by atoms with E-state index in [1.165, 1.54) is 18.2 Å². The smallest absolute Gasteiger partial charge is 0.219 e. The molecule has 7 heteroatoms. The topological polar surface area (TPSA) is 58.0 Å². The third-order valence-electron chi connectivity index (χ3n) is 3.61. The molecule has 0 bridgehead atoms. The number of benzene rings is 1. The monoisotopic (exact) mass is 335 g/mol. The minimum Gasteiger partial charge on any atom is -0.439 e. The highest BCUT2D eigenvalue weighted by Gasteiger charge is 2.19. The van der Waals surface area contributed by atoms with Crippen LogP contribution in [0.25, 0.3) is 0 Å². The first-order valence-electron chi connectivity index (χ1n) is 7.24. The normalized spacial score (nSPS) is 15.0. The number of amidine groups is 1. The molecule has 1 aliphatic heterocycles. The Morgan fingerprint density at radius 1 is 1.26 bits per heavy atom. The third-order valence-corrected chi connectivity index (χ3v) is 3.90. The van der Waals surface area contributed by atoms with Gasteiger partial charge >= 0.3 is 0 Å². The summed E-state index contributed by atoms with van der Waals surface area (Å²) in [5.41, 5.74) is 0.701. The second-order valence-electron chi connectivity index (χ2n) is 5.18. The summed E-state index contributed by atoms with van der Waals surface area (Å²) in [7, 11) is 0. The first-order chi connectivity index (χ1) is 11.2. The van der Waals surface area contributed by atoms with Crippen LogP contribution in [0.1, 0.15) is 18.4 Å². The molecule has 1 N–H and O–H groups in total. The Bertz CT molecular complexity index is 733. The molecule has 5 nitrogen and oxygen atoms in total. The molecule has 0 spiro atoms. The molecule has 1 aliphatic rings. The lowest BCUT2D eigenvalue weighted by atomic mass is 10.2. The van der Waals surface area contributed by atoms with Crippen molar-refractivity contribution in [2.75, 3.05) is 13.1 Å². The van der Waals surface area contributed by atoms with Crippen molar-refractivity contribution in [3.8, 4) is 11.6 Å². The first kappa shape index (κ1) is 15.6. The average molecular weight is 336 g/mol. The van der Waals surface area contributed by atoms with E-state index in [-0.39, 0.29) is 5.02 Å². The minimum absolute atomic E-state index is 0.0201. The third kappa shape index (κ3) is 3.53. The molecule has 2 aromatic rings. The molecule has 3 rings (SSSR count). The van der Waals surface area contributed by atoms with Crippen LogP contribution in [-0.4, -0.2) is 34.0 Å². The van der Waals surface area contributed by atoms with Crippen LogP contribution in [0.5, 0.6) is 11.6 Å². The molecular weight excluding hydrogens is 321 g/mol. The van der Waals surface area contributed by atoms with Crippen LogP contribution in [0, 0.1) is 5.82 Å². The van der Waals surface area contributed by atoms with E-state index in [2.05, 4.69) is 10.1 Å². The van der Waals surface area contributed by atoms with Gasteiger partial charge in [0.1, 0.15) is 11.6 Å². The van der Waals surface area contributed by atoms with Gasteiger partial charge in [0.25, 0.3) is 0 Å². The summed E-state index contributed by atoms with van der Waals surface area (Å²) in [6.07, 6.45) is 3.71. The molecule has 120 valence electrons. The zero-order valence-corrected chi connectivity index (χ0v) is 13.0. The van der Waals surface area contributed by atoms with Crippen LogP contribution in [0.15, 0.2) is 41.7 Å². The van der Waals surface area contributed by atoms with E-state index in [0.29, 0.717) is 23.0 Å². The summed E-state index contributed by atoms with van der Waals surface area (Å²) >= 11 is 5.74. The van der Waals surface area contributed by atoms with Crippen molar-refractivity contribution in [1.29, 1.82) is 0 Å². The van der Waals surface area contributed by atoms with Crippen LogP contribution in [0.3, 0.4) is 0 Å². The number of nitrogens with zero attached hydrogens (tertiary/aromatic N) is 3. The van der Waals surface area contributed by atoms with Crippen molar-refractivity contribution in [2.24, 2.45) is 5.16 Å². The van der Waals surface area contributed by atoms with Gasteiger partial charge in [-0.2, -0.15) is 0 Å². The molecular formula is C16H15ClFN3O2. The highest BCUT2D eigenvalue weighted by atomic mass is 35.5. The zero-order valence-electron chi connectivity index (χ0n) is 12.2. The highest BCUT2D eigenvalue weighted by molar-refractivity contribution is 6.30. The Morgan fingerprint density at radius 3 is 2.74 bits per heavy atom. The van der Waals surface area contributed by atoms with Gasteiger partial charge in [-0.15, -0.1) is 0 Å².